The maximum atomic E-state index is 12.5. The normalized spacial score (nSPS) is 10.6. The number of Topliss-reactive ketones (excluding diaryl/α,β-unsaturated/α-hetero) is 1. The SMILES string of the molecule is CCCCCCCCC(=O)c1ccc(C(=O)c2ccccc2Cl)cc1. The molecule has 2 nitrogen and oxygen atoms in total. The van der Waals surface area contributed by atoms with Gasteiger partial charge in [-0.05, 0) is 18.6 Å². The van der Waals surface area contributed by atoms with Crippen molar-refractivity contribution in [1.82, 2.24) is 0 Å². The summed E-state index contributed by atoms with van der Waals surface area (Å²) in [5, 5.41) is 0.440. The first kappa shape index (κ1) is 19.4. The van der Waals surface area contributed by atoms with Gasteiger partial charge in [0.25, 0.3) is 0 Å². The van der Waals surface area contributed by atoms with E-state index < -0.39 is 0 Å². The summed E-state index contributed by atoms with van der Waals surface area (Å²) in [5.74, 6) is 0.0211. The van der Waals surface area contributed by atoms with E-state index in [1.807, 2.05) is 0 Å². The van der Waals surface area contributed by atoms with Crippen LogP contribution in [0.3, 0.4) is 0 Å². The van der Waals surface area contributed by atoms with Crippen molar-refractivity contribution >= 4 is 23.2 Å². The van der Waals surface area contributed by atoms with Gasteiger partial charge in [-0.1, -0.05) is 87.0 Å². The number of hydrogen-bond donors (Lipinski definition) is 0. The van der Waals surface area contributed by atoms with Gasteiger partial charge in [0, 0.05) is 23.1 Å². The van der Waals surface area contributed by atoms with E-state index in [1.165, 1.54) is 25.7 Å². The van der Waals surface area contributed by atoms with Gasteiger partial charge in [0.05, 0.1) is 5.02 Å². The Labute approximate surface area is 155 Å². The Morgan fingerprint density at radius 2 is 1.40 bits per heavy atom. The molecule has 0 N–H and O–H groups in total. The molecule has 0 fully saturated rings. The van der Waals surface area contributed by atoms with E-state index in [0.717, 1.165) is 12.8 Å². The van der Waals surface area contributed by atoms with Crippen LogP contribution in [0.25, 0.3) is 0 Å². The van der Waals surface area contributed by atoms with Gasteiger partial charge in [-0.25, -0.2) is 0 Å². The Kier molecular flexibility index (Phi) is 7.87. The van der Waals surface area contributed by atoms with Gasteiger partial charge in [-0.3, -0.25) is 9.59 Å². The maximum Gasteiger partial charge on any atom is 0.194 e. The van der Waals surface area contributed by atoms with Gasteiger partial charge in [0.2, 0.25) is 0 Å². The molecule has 0 spiro atoms. The van der Waals surface area contributed by atoms with Crippen molar-refractivity contribution in [2.75, 3.05) is 0 Å². The van der Waals surface area contributed by atoms with E-state index in [4.69, 9.17) is 11.6 Å². The van der Waals surface area contributed by atoms with Gasteiger partial charge in [-0.2, -0.15) is 0 Å². The highest BCUT2D eigenvalue weighted by atomic mass is 35.5. The molecule has 0 amide bonds. The Bertz CT molecular complexity index is 704. The molecule has 0 aliphatic carbocycles. The zero-order valence-electron chi connectivity index (χ0n) is 14.8. The number of rotatable bonds is 10. The highest BCUT2D eigenvalue weighted by Gasteiger charge is 2.13. The molecule has 0 saturated carbocycles. The Hall–Kier alpha value is -1.93. The molecule has 2 rings (SSSR count). The van der Waals surface area contributed by atoms with Crippen LogP contribution >= 0.6 is 11.6 Å². The molecule has 0 radical (unpaired) electrons. The summed E-state index contributed by atoms with van der Waals surface area (Å²) in [4.78, 5) is 24.7. The van der Waals surface area contributed by atoms with Crippen molar-refractivity contribution in [3.8, 4) is 0 Å². The summed E-state index contributed by atoms with van der Waals surface area (Å²) < 4.78 is 0. The zero-order valence-corrected chi connectivity index (χ0v) is 15.5. The summed E-state index contributed by atoms with van der Waals surface area (Å²) >= 11 is 6.08. The van der Waals surface area contributed by atoms with Crippen molar-refractivity contribution in [3.63, 3.8) is 0 Å². The summed E-state index contributed by atoms with van der Waals surface area (Å²) in [5.41, 5.74) is 1.70. The van der Waals surface area contributed by atoms with Crippen LogP contribution in [0.1, 0.15) is 78.1 Å². The van der Waals surface area contributed by atoms with Gasteiger partial charge >= 0.3 is 0 Å². The number of hydrogen-bond acceptors (Lipinski definition) is 2. The van der Waals surface area contributed by atoms with Crippen LogP contribution in [-0.2, 0) is 0 Å². The summed E-state index contributed by atoms with van der Waals surface area (Å²) in [6, 6.07) is 13.9. The summed E-state index contributed by atoms with van der Waals surface area (Å²) in [6.07, 6.45) is 7.57. The molecule has 0 heterocycles. The van der Waals surface area contributed by atoms with Crippen LogP contribution < -0.4 is 0 Å². The van der Waals surface area contributed by atoms with E-state index in [9.17, 15) is 9.59 Å². The summed E-state index contributed by atoms with van der Waals surface area (Å²) in [7, 11) is 0. The molecule has 0 aliphatic heterocycles. The van der Waals surface area contributed by atoms with Crippen molar-refractivity contribution in [2.24, 2.45) is 0 Å². The van der Waals surface area contributed by atoms with E-state index in [-0.39, 0.29) is 11.6 Å². The number of benzene rings is 2. The number of ketones is 2. The van der Waals surface area contributed by atoms with Gasteiger partial charge in [0.1, 0.15) is 0 Å². The molecule has 0 atom stereocenters. The topological polar surface area (TPSA) is 34.1 Å². The number of carbonyl (C=O) groups excluding carboxylic acids is 2. The molecule has 0 aliphatic rings. The molecule has 2 aromatic rings. The van der Waals surface area contributed by atoms with Crippen molar-refractivity contribution in [1.29, 1.82) is 0 Å². The largest absolute Gasteiger partial charge is 0.294 e. The lowest BCUT2D eigenvalue weighted by Crippen LogP contribution is -2.04. The first-order valence-corrected chi connectivity index (χ1v) is 9.43. The second kappa shape index (κ2) is 10.1. The van der Waals surface area contributed by atoms with E-state index >= 15 is 0 Å². The third-order valence-corrected chi connectivity index (χ3v) is 4.67. The van der Waals surface area contributed by atoms with Gasteiger partial charge in [-0.15, -0.1) is 0 Å². The first-order valence-electron chi connectivity index (χ1n) is 9.06. The Balaban J connectivity index is 1.90. The molecule has 132 valence electrons. The molecule has 0 unspecified atom stereocenters. The fraction of sp³-hybridized carbons (Fsp3) is 0.364. The second-order valence-corrected chi connectivity index (χ2v) is 6.73. The molecule has 3 heteroatoms. The van der Waals surface area contributed by atoms with Crippen molar-refractivity contribution < 1.29 is 9.59 Å². The van der Waals surface area contributed by atoms with Crippen LogP contribution in [0, 0.1) is 0 Å². The Morgan fingerprint density at radius 3 is 2.08 bits per heavy atom. The smallest absolute Gasteiger partial charge is 0.194 e. The minimum Gasteiger partial charge on any atom is -0.294 e. The second-order valence-electron chi connectivity index (χ2n) is 6.33. The maximum absolute atomic E-state index is 12.5. The fourth-order valence-corrected chi connectivity index (χ4v) is 3.04. The van der Waals surface area contributed by atoms with Crippen LogP contribution in [0.2, 0.25) is 5.02 Å². The van der Waals surface area contributed by atoms with Crippen molar-refractivity contribution in [3.05, 3.63) is 70.2 Å². The number of unbranched alkanes of at least 4 members (excludes halogenated alkanes) is 5. The van der Waals surface area contributed by atoms with Gasteiger partial charge in [0.15, 0.2) is 11.6 Å². The molecule has 0 bridgehead atoms. The van der Waals surface area contributed by atoms with Crippen LogP contribution in [0.4, 0.5) is 0 Å². The predicted octanol–water partition coefficient (Wildman–Crippen LogP) is 6.50. The molecule has 0 aromatic heterocycles. The highest BCUT2D eigenvalue weighted by molar-refractivity contribution is 6.35. The lowest BCUT2D eigenvalue weighted by Gasteiger charge is -2.05. The van der Waals surface area contributed by atoms with Gasteiger partial charge < -0.3 is 0 Å². The fourth-order valence-electron chi connectivity index (χ4n) is 2.82. The standard InChI is InChI=1S/C22H25ClO2/c1-2-3-4-5-6-7-12-21(24)17-13-15-18(16-14-17)22(25)19-10-8-9-11-20(19)23/h8-11,13-16H,2-7,12H2,1H3. The average molecular weight is 357 g/mol. The molecule has 0 saturated heterocycles. The average Bonchev–Trinajstić information content (AvgIpc) is 2.64. The third-order valence-electron chi connectivity index (χ3n) is 4.34. The van der Waals surface area contributed by atoms with E-state index in [2.05, 4.69) is 6.92 Å². The summed E-state index contributed by atoms with van der Waals surface area (Å²) in [6.45, 7) is 2.20. The van der Waals surface area contributed by atoms with Crippen molar-refractivity contribution in [2.45, 2.75) is 51.9 Å². The molecular formula is C22H25ClO2. The monoisotopic (exact) mass is 356 g/mol. The van der Waals surface area contributed by atoms with Crippen LogP contribution in [0.5, 0.6) is 0 Å². The lowest BCUT2D eigenvalue weighted by atomic mass is 9.99. The molecule has 2 aromatic carbocycles. The van der Waals surface area contributed by atoms with E-state index in [1.54, 1.807) is 48.5 Å². The minimum atomic E-state index is -0.125. The highest BCUT2D eigenvalue weighted by Crippen LogP contribution is 2.20. The number of halogens is 1. The minimum absolute atomic E-state index is 0.125. The van der Waals surface area contributed by atoms with Crippen LogP contribution in [-0.4, -0.2) is 11.6 Å². The molecule has 25 heavy (non-hydrogen) atoms. The quantitative estimate of drug-likeness (QED) is 0.359. The third kappa shape index (κ3) is 5.82. The first-order chi connectivity index (χ1) is 12.1. The zero-order chi connectivity index (χ0) is 18.1. The lowest BCUT2D eigenvalue weighted by molar-refractivity contribution is 0.0977. The van der Waals surface area contributed by atoms with E-state index in [0.29, 0.717) is 28.1 Å². The Morgan fingerprint density at radius 1 is 0.800 bits per heavy atom. The number of carbonyl (C=O) groups is 2. The van der Waals surface area contributed by atoms with Crippen LogP contribution in [0.15, 0.2) is 48.5 Å². The predicted molar refractivity (Wildman–Crippen MR) is 104 cm³/mol. The molecular weight excluding hydrogens is 332 g/mol.